The third-order valence-electron chi connectivity index (χ3n) is 5.77. The van der Waals surface area contributed by atoms with Gasteiger partial charge in [0.1, 0.15) is 0 Å². The maximum Gasteiger partial charge on any atom is 0.347 e. The topological polar surface area (TPSA) is 80.7 Å². The Kier molecular flexibility index (Phi) is 10.6. The number of carboxylic acids is 1. The van der Waals surface area contributed by atoms with Gasteiger partial charge in [-0.15, -0.1) is 0 Å². The Morgan fingerprint density at radius 1 is 0.767 bits per heavy atom. The number of hydrogen-bond acceptors (Lipinski definition) is 4. The molecule has 1 radical (unpaired) electrons. The second kappa shape index (κ2) is 13.2. The number of unbranched alkanes of at least 4 members (excludes halogenated alkanes) is 13. The lowest BCUT2D eigenvalue weighted by atomic mass is 9.94. The Balaban J connectivity index is 1.60. The van der Waals surface area contributed by atoms with E-state index in [4.69, 9.17) is 0 Å². The molecule has 5 heteroatoms. The van der Waals surface area contributed by atoms with Gasteiger partial charge in [0, 0.05) is 0 Å². The van der Waals surface area contributed by atoms with Crippen LogP contribution in [0.5, 0.6) is 0 Å². The van der Waals surface area contributed by atoms with Crippen molar-refractivity contribution in [2.45, 2.75) is 96.3 Å². The van der Waals surface area contributed by atoms with Crippen LogP contribution in [0, 0.1) is 6.92 Å². The highest BCUT2D eigenvalue weighted by Crippen LogP contribution is 2.27. The fourth-order valence-electron chi connectivity index (χ4n) is 4.05. The van der Waals surface area contributed by atoms with E-state index in [0.717, 1.165) is 25.7 Å². The molecule has 0 saturated heterocycles. The van der Waals surface area contributed by atoms with Crippen molar-refractivity contribution in [3.8, 4) is 0 Å². The van der Waals surface area contributed by atoms with Crippen LogP contribution in [0.4, 0.5) is 0 Å². The largest absolute Gasteiger partial charge is 0.478 e. The van der Waals surface area contributed by atoms with Crippen LogP contribution in [-0.2, 0) is 11.2 Å². The molecule has 165 valence electrons. The lowest BCUT2D eigenvalue weighted by molar-refractivity contribution is 0.0443. The molecule has 0 saturated carbocycles. The molecule has 5 nitrogen and oxygen atoms in total. The van der Waals surface area contributed by atoms with Gasteiger partial charge in [0.2, 0.25) is 0 Å². The van der Waals surface area contributed by atoms with Crippen LogP contribution in [0.15, 0.2) is 12.1 Å². The first-order valence-corrected chi connectivity index (χ1v) is 11.5. The molecule has 0 bridgehead atoms. The van der Waals surface area contributed by atoms with Gasteiger partial charge in [-0.3, -0.25) is 0 Å². The Morgan fingerprint density at radius 3 is 1.77 bits per heavy atom. The van der Waals surface area contributed by atoms with Crippen molar-refractivity contribution < 1.29 is 24.2 Å². The molecule has 1 aromatic rings. The first-order valence-electron chi connectivity index (χ1n) is 11.5. The molecule has 0 aliphatic carbocycles. The standard InChI is InChI=1S/C25H35O5/c1-2-3-4-5-6-7-8-9-10-11-12-13-14-15-16-19-17-20(23(26)27)18-21-22(19)25(29)30-24(21)28/h17-18H,1-16H2,(H,26,27). The normalized spacial score (nSPS) is 12.8. The molecule has 0 atom stereocenters. The highest BCUT2D eigenvalue weighted by atomic mass is 16.6. The number of aryl methyl sites for hydroxylation is 1. The number of benzene rings is 1. The number of ether oxygens (including phenoxy) is 1. The average Bonchev–Trinajstić information content (AvgIpc) is 3.01. The Hall–Kier alpha value is -2.17. The zero-order valence-corrected chi connectivity index (χ0v) is 18.0. The van der Waals surface area contributed by atoms with Crippen LogP contribution in [0.2, 0.25) is 0 Å². The second-order valence-electron chi connectivity index (χ2n) is 8.24. The summed E-state index contributed by atoms with van der Waals surface area (Å²) in [5.41, 5.74) is 0.961. The maximum atomic E-state index is 11.9. The van der Waals surface area contributed by atoms with Gasteiger partial charge in [-0.25, -0.2) is 14.4 Å². The van der Waals surface area contributed by atoms with E-state index in [9.17, 15) is 19.5 Å². The zero-order valence-electron chi connectivity index (χ0n) is 18.0. The fraction of sp³-hybridized carbons (Fsp3) is 0.600. The van der Waals surface area contributed by atoms with Crippen molar-refractivity contribution in [1.82, 2.24) is 0 Å². The predicted molar refractivity (Wildman–Crippen MR) is 117 cm³/mol. The van der Waals surface area contributed by atoms with E-state index in [1.807, 2.05) is 0 Å². The van der Waals surface area contributed by atoms with E-state index in [2.05, 4.69) is 11.7 Å². The first kappa shape index (κ1) is 24.1. The SMILES string of the molecule is [CH2]CCCCCCCCCCCCCCCc1cc(C(=O)O)cc2c1C(=O)OC2=O. The summed E-state index contributed by atoms with van der Waals surface area (Å²) in [6.45, 7) is 3.87. The molecular formula is C25H35O5. The van der Waals surface area contributed by atoms with E-state index < -0.39 is 17.9 Å². The third kappa shape index (κ3) is 7.58. The van der Waals surface area contributed by atoms with Gasteiger partial charge in [0.05, 0.1) is 16.7 Å². The maximum absolute atomic E-state index is 11.9. The van der Waals surface area contributed by atoms with Gasteiger partial charge in [0.15, 0.2) is 0 Å². The van der Waals surface area contributed by atoms with Crippen LogP contribution < -0.4 is 0 Å². The average molecular weight is 416 g/mol. The van der Waals surface area contributed by atoms with Gasteiger partial charge in [-0.05, 0) is 30.5 Å². The zero-order chi connectivity index (χ0) is 21.8. The molecule has 2 rings (SSSR count). The molecule has 1 aliphatic heterocycles. The van der Waals surface area contributed by atoms with E-state index in [1.165, 1.54) is 76.3 Å². The van der Waals surface area contributed by atoms with Crippen LogP contribution in [0.3, 0.4) is 0 Å². The first-order chi connectivity index (χ1) is 14.5. The van der Waals surface area contributed by atoms with Gasteiger partial charge < -0.3 is 9.84 Å². The number of carbonyl (C=O) groups excluding carboxylic acids is 2. The van der Waals surface area contributed by atoms with Crippen molar-refractivity contribution >= 4 is 17.9 Å². The molecule has 1 N–H and O–H groups in total. The molecule has 0 spiro atoms. The van der Waals surface area contributed by atoms with E-state index in [0.29, 0.717) is 12.0 Å². The lowest BCUT2D eigenvalue weighted by Gasteiger charge is -2.07. The summed E-state index contributed by atoms with van der Waals surface area (Å²) in [6, 6.07) is 2.73. The number of cyclic esters (lactones) is 2. The van der Waals surface area contributed by atoms with Crippen LogP contribution in [-0.4, -0.2) is 23.0 Å². The third-order valence-corrected chi connectivity index (χ3v) is 5.77. The smallest absolute Gasteiger partial charge is 0.347 e. The summed E-state index contributed by atoms with van der Waals surface area (Å²) < 4.78 is 4.66. The van der Waals surface area contributed by atoms with Crippen molar-refractivity contribution in [3.63, 3.8) is 0 Å². The molecule has 0 aromatic heterocycles. The minimum Gasteiger partial charge on any atom is -0.478 e. The van der Waals surface area contributed by atoms with Gasteiger partial charge in [-0.1, -0.05) is 90.4 Å². The van der Waals surface area contributed by atoms with E-state index in [1.54, 1.807) is 0 Å². The van der Waals surface area contributed by atoms with Crippen LogP contribution >= 0.6 is 0 Å². The molecule has 1 aliphatic rings. The molecule has 30 heavy (non-hydrogen) atoms. The predicted octanol–water partition coefficient (Wildman–Crippen LogP) is 6.53. The molecule has 1 aromatic carbocycles. The van der Waals surface area contributed by atoms with Crippen LogP contribution in [0.1, 0.15) is 127 Å². The number of carboxylic acid groups (broad SMARTS) is 1. The number of aromatic carboxylic acids is 1. The highest BCUT2D eigenvalue weighted by Gasteiger charge is 2.33. The van der Waals surface area contributed by atoms with Gasteiger partial charge >= 0.3 is 17.9 Å². The quantitative estimate of drug-likeness (QED) is 0.188. The number of hydrogen-bond donors (Lipinski definition) is 1. The monoisotopic (exact) mass is 415 g/mol. The number of fused-ring (bicyclic) bond motifs is 1. The Bertz CT molecular complexity index is 722. The van der Waals surface area contributed by atoms with E-state index >= 15 is 0 Å². The van der Waals surface area contributed by atoms with Crippen molar-refractivity contribution in [2.24, 2.45) is 0 Å². The second-order valence-corrected chi connectivity index (χ2v) is 8.24. The summed E-state index contributed by atoms with van der Waals surface area (Å²) in [6.07, 6.45) is 17.7. The minimum absolute atomic E-state index is 0.0257. The molecular weight excluding hydrogens is 380 g/mol. The summed E-state index contributed by atoms with van der Waals surface area (Å²) in [5, 5.41) is 9.25. The fourth-order valence-corrected chi connectivity index (χ4v) is 4.05. The Morgan fingerprint density at radius 2 is 1.27 bits per heavy atom. The molecule has 0 fully saturated rings. The lowest BCUT2D eigenvalue weighted by Crippen LogP contribution is -2.05. The van der Waals surface area contributed by atoms with Gasteiger partial charge in [0.25, 0.3) is 0 Å². The number of esters is 2. The Labute approximate surface area is 180 Å². The minimum atomic E-state index is -1.11. The van der Waals surface area contributed by atoms with Crippen molar-refractivity contribution in [2.75, 3.05) is 0 Å². The molecule has 1 heterocycles. The summed E-state index contributed by atoms with van der Waals surface area (Å²) in [5.74, 6) is -2.52. The van der Waals surface area contributed by atoms with E-state index in [-0.39, 0.29) is 16.7 Å². The summed E-state index contributed by atoms with van der Waals surface area (Å²) in [7, 11) is 0. The van der Waals surface area contributed by atoms with Crippen molar-refractivity contribution in [3.05, 3.63) is 41.3 Å². The molecule has 0 unspecified atom stereocenters. The van der Waals surface area contributed by atoms with Crippen LogP contribution in [0.25, 0.3) is 0 Å². The summed E-state index contributed by atoms with van der Waals surface area (Å²) in [4.78, 5) is 35.0. The van der Waals surface area contributed by atoms with Crippen molar-refractivity contribution in [1.29, 1.82) is 0 Å². The summed E-state index contributed by atoms with van der Waals surface area (Å²) >= 11 is 0. The highest BCUT2D eigenvalue weighted by molar-refractivity contribution is 6.16. The number of carbonyl (C=O) groups is 3. The number of rotatable bonds is 16. The molecule has 0 amide bonds. The van der Waals surface area contributed by atoms with Gasteiger partial charge in [-0.2, -0.15) is 0 Å².